The molecule has 1 N–H and O–H groups in total. The number of hydrogen-bond donors (Lipinski definition) is 1. The zero-order valence-electron chi connectivity index (χ0n) is 10.1. The van der Waals surface area contributed by atoms with Crippen LogP contribution in [0.15, 0.2) is 17.5 Å². The average Bonchev–Trinajstić information content (AvgIpc) is 2.96. The molecule has 3 heterocycles. The summed E-state index contributed by atoms with van der Waals surface area (Å²) in [4.78, 5) is 0.996. The Morgan fingerprint density at radius 2 is 2.37 bits per heavy atom. The quantitative estimate of drug-likeness (QED) is 0.864. The van der Waals surface area contributed by atoms with Crippen molar-refractivity contribution >= 4 is 33.4 Å². The molecule has 2 aromatic rings. The minimum Gasteiger partial charge on any atom is -0.295 e. The average molecular weight is 315 g/mol. The maximum Gasteiger partial charge on any atom is 0.195 e. The van der Waals surface area contributed by atoms with E-state index in [0.717, 1.165) is 17.1 Å². The number of thiophene rings is 1. The maximum atomic E-state index is 11.8. The molecule has 1 aliphatic heterocycles. The fourth-order valence-electron chi connectivity index (χ4n) is 2.43. The van der Waals surface area contributed by atoms with Gasteiger partial charge in [-0.15, -0.1) is 11.3 Å². The fourth-order valence-corrected chi connectivity index (χ4v) is 5.09. The van der Waals surface area contributed by atoms with Crippen LogP contribution in [0.5, 0.6) is 0 Å². The predicted octanol–water partition coefficient (Wildman–Crippen LogP) is 2.42. The van der Waals surface area contributed by atoms with E-state index >= 15 is 0 Å². The molecule has 19 heavy (non-hydrogen) atoms. The van der Waals surface area contributed by atoms with Crippen molar-refractivity contribution in [3.05, 3.63) is 22.3 Å². The SMILES string of the molecule is O=S1(=O)CCCC(n2c(-c3cccs3)n[nH]c2=S)C1. The van der Waals surface area contributed by atoms with Crippen molar-refractivity contribution in [1.82, 2.24) is 14.8 Å². The minimum absolute atomic E-state index is 0.109. The molecule has 2 aromatic heterocycles. The molecule has 0 aliphatic carbocycles. The van der Waals surface area contributed by atoms with Crippen molar-refractivity contribution in [3.8, 4) is 10.7 Å². The summed E-state index contributed by atoms with van der Waals surface area (Å²) in [6.45, 7) is 0. The molecule has 0 aromatic carbocycles. The first-order chi connectivity index (χ1) is 9.07. The van der Waals surface area contributed by atoms with E-state index in [1.165, 1.54) is 0 Å². The topological polar surface area (TPSA) is 67.8 Å². The number of sulfone groups is 1. The van der Waals surface area contributed by atoms with Crippen LogP contribution in [0.2, 0.25) is 0 Å². The van der Waals surface area contributed by atoms with Crippen molar-refractivity contribution in [2.24, 2.45) is 0 Å². The Balaban J connectivity index is 2.06. The van der Waals surface area contributed by atoms with E-state index in [1.54, 1.807) is 11.3 Å². The lowest BCUT2D eigenvalue weighted by Gasteiger charge is -2.23. The van der Waals surface area contributed by atoms with Crippen molar-refractivity contribution in [2.75, 3.05) is 11.5 Å². The minimum atomic E-state index is -2.97. The molecule has 0 bridgehead atoms. The largest absolute Gasteiger partial charge is 0.295 e. The third-order valence-electron chi connectivity index (χ3n) is 3.25. The summed E-state index contributed by atoms with van der Waals surface area (Å²) in [6, 6.07) is 3.80. The van der Waals surface area contributed by atoms with Crippen LogP contribution in [-0.4, -0.2) is 34.7 Å². The van der Waals surface area contributed by atoms with Crippen molar-refractivity contribution in [2.45, 2.75) is 18.9 Å². The lowest BCUT2D eigenvalue weighted by atomic mass is 10.2. The molecular formula is C11H13N3O2S3. The zero-order valence-corrected chi connectivity index (χ0v) is 12.5. The van der Waals surface area contributed by atoms with Crippen LogP contribution < -0.4 is 0 Å². The molecule has 1 aliphatic rings. The lowest BCUT2D eigenvalue weighted by Crippen LogP contribution is -2.28. The van der Waals surface area contributed by atoms with Gasteiger partial charge in [-0.3, -0.25) is 9.67 Å². The molecule has 0 saturated carbocycles. The summed E-state index contributed by atoms with van der Waals surface area (Å²) in [5.41, 5.74) is 0. The van der Waals surface area contributed by atoms with Crippen LogP contribution in [-0.2, 0) is 9.84 Å². The third-order valence-corrected chi connectivity index (χ3v) is 6.21. The first kappa shape index (κ1) is 13.0. The zero-order chi connectivity index (χ0) is 13.5. The molecule has 3 rings (SSSR count). The second-order valence-corrected chi connectivity index (χ2v) is 8.17. The summed E-state index contributed by atoms with van der Waals surface area (Å²) >= 11 is 6.83. The van der Waals surface area contributed by atoms with Gasteiger partial charge in [-0.2, -0.15) is 5.10 Å². The van der Waals surface area contributed by atoms with Gasteiger partial charge in [0.15, 0.2) is 20.4 Å². The van der Waals surface area contributed by atoms with Crippen LogP contribution in [0.3, 0.4) is 0 Å². The highest BCUT2D eigenvalue weighted by molar-refractivity contribution is 7.91. The summed E-state index contributed by atoms with van der Waals surface area (Å²) in [7, 11) is -2.97. The molecule has 8 heteroatoms. The van der Waals surface area contributed by atoms with Gasteiger partial charge in [-0.1, -0.05) is 6.07 Å². The molecule has 1 saturated heterocycles. The van der Waals surface area contributed by atoms with Gasteiger partial charge in [0.2, 0.25) is 0 Å². The summed E-state index contributed by atoms with van der Waals surface area (Å²) in [5, 5.41) is 8.99. The highest BCUT2D eigenvalue weighted by Crippen LogP contribution is 2.30. The normalized spacial score (nSPS) is 22.4. The lowest BCUT2D eigenvalue weighted by molar-refractivity contribution is 0.469. The maximum absolute atomic E-state index is 11.8. The second kappa shape index (κ2) is 4.84. The molecule has 5 nitrogen and oxygen atoms in total. The number of nitrogens with one attached hydrogen (secondary N) is 1. The first-order valence-corrected chi connectivity index (χ1v) is 9.09. The second-order valence-electron chi connectivity index (χ2n) is 4.61. The van der Waals surface area contributed by atoms with Gasteiger partial charge < -0.3 is 0 Å². The van der Waals surface area contributed by atoms with E-state index in [1.807, 2.05) is 22.1 Å². The number of nitrogens with zero attached hydrogens (tertiary/aromatic N) is 2. The van der Waals surface area contributed by atoms with Crippen LogP contribution >= 0.6 is 23.6 Å². The molecule has 0 spiro atoms. The summed E-state index contributed by atoms with van der Waals surface area (Å²) in [6.07, 6.45) is 1.51. The number of rotatable bonds is 2. The number of aromatic amines is 1. The molecule has 1 unspecified atom stereocenters. The highest BCUT2D eigenvalue weighted by atomic mass is 32.2. The van der Waals surface area contributed by atoms with Crippen molar-refractivity contribution in [1.29, 1.82) is 0 Å². The van der Waals surface area contributed by atoms with Crippen LogP contribution in [0, 0.1) is 4.77 Å². The van der Waals surface area contributed by atoms with Crippen LogP contribution in [0.25, 0.3) is 10.7 Å². The molecule has 102 valence electrons. The van der Waals surface area contributed by atoms with E-state index in [2.05, 4.69) is 10.2 Å². The van der Waals surface area contributed by atoms with E-state index in [4.69, 9.17) is 12.2 Å². The molecule has 0 radical (unpaired) electrons. The Morgan fingerprint density at radius 1 is 1.53 bits per heavy atom. The van der Waals surface area contributed by atoms with Crippen molar-refractivity contribution in [3.63, 3.8) is 0 Å². The molecule has 1 fully saturated rings. The van der Waals surface area contributed by atoms with Gasteiger partial charge in [0, 0.05) is 0 Å². The van der Waals surface area contributed by atoms with Crippen LogP contribution in [0.4, 0.5) is 0 Å². The Bertz CT molecular complexity index is 728. The summed E-state index contributed by atoms with van der Waals surface area (Å²) in [5.74, 6) is 1.17. The van der Waals surface area contributed by atoms with Gasteiger partial charge in [0.05, 0.1) is 22.4 Å². The summed E-state index contributed by atoms with van der Waals surface area (Å²) < 4.78 is 25.9. The number of H-pyrrole nitrogens is 1. The molecule has 0 amide bonds. The molecular weight excluding hydrogens is 302 g/mol. The van der Waals surface area contributed by atoms with Gasteiger partial charge in [0.1, 0.15) is 0 Å². The Morgan fingerprint density at radius 3 is 3.05 bits per heavy atom. The van der Waals surface area contributed by atoms with Gasteiger partial charge in [-0.25, -0.2) is 8.42 Å². The number of aromatic nitrogens is 3. The van der Waals surface area contributed by atoms with E-state index in [9.17, 15) is 8.42 Å². The first-order valence-electron chi connectivity index (χ1n) is 5.98. The predicted molar refractivity (Wildman–Crippen MR) is 77.6 cm³/mol. The van der Waals surface area contributed by atoms with E-state index in [0.29, 0.717) is 11.2 Å². The van der Waals surface area contributed by atoms with Crippen molar-refractivity contribution < 1.29 is 8.42 Å². The van der Waals surface area contributed by atoms with E-state index < -0.39 is 9.84 Å². The van der Waals surface area contributed by atoms with Gasteiger partial charge in [0.25, 0.3) is 0 Å². The Kier molecular flexibility index (Phi) is 3.32. The van der Waals surface area contributed by atoms with E-state index in [-0.39, 0.29) is 17.5 Å². The van der Waals surface area contributed by atoms with Crippen LogP contribution in [0.1, 0.15) is 18.9 Å². The smallest absolute Gasteiger partial charge is 0.195 e. The third kappa shape index (κ3) is 2.52. The Hall–Kier alpha value is -0.990. The highest BCUT2D eigenvalue weighted by Gasteiger charge is 2.28. The fraction of sp³-hybridized carbons (Fsp3) is 0.455. The van der Waals surface area contributed by atoms with Gasteiger partial charge >= 0.3 is 0 Å². The Labute approximate surface area is 120 Å². The monoisotopic (exact) mass is 315 g/mol. The van der Waals surface area contributed by atoms with Gasteiger partial charge in [-0.05, 0) is 36.5 Å². The molecule has 1 atom stereocenters. The number of hydrogen-bond acceptors (Lipinski definition) is 5. The standard InChI is InChI=1S/C11H13N3O2S3/c15-19(16)6-2-3-8(7-19)14-10(12-13-11(14)17)9-4-1-5-18-9/h1,4-5,8H,2-3,6-7H2,(H,13,17).